The highest BCUT2D eigenvalue weighted by Crippen LogP contribution is 2.33. The van der Waals surface area contributed by atoms with Gasteiger partial charge >= 0.3 is 0 Å². The molecule has 0 saturated carbocycles. The van der Waals surface area contributed by atoms with Gasteiger partial charge in [-0.3, -0.25) is 0 Å². The van der Waals surface area contributed by atoms with E-state index >= 15 is 0 Å². The fraction of sp³-hybridized carbons (Fsp3) is 0.333. The third-order valence-electron chi connectivity index (χ3n) is 1.95. The largest absolute Gasteiger partial charge is 0.129 e. The summed E-state index contributed by atoms with van der Waals surface area (Å²) in [4.78, 5) is 1.20. The second-order valence-corrected chi connectivity index (χ2v) is 4.26. The first-order valence-electron chi connectivity index (χ1n) is 3.57. The van der Waals surface area contributed by atoms with Crippen molar-refractivity contribution in [2.75, 3.05) is 6.26 Å². The number of benzene rings is 1. The maximum Gasteiger partial charge on any atom is 0.0624 e. The molecule has 0 aliphatic carbocycles. The minimum Gasteiger partial charge on any atom is -0.129 e. The van der Waals surface area contributed by atoms with Crippen molar-refractivity contribution in [3.8, 4) is 0 Å². The second kappa shape index (κ2) is 3.91. The third kappa shape index (κ3) is 1.73. The van der Waals surface area contributed by atoms with Gasteiger partial charge in [-0.2, -0.15) is 0 Å². The molecular formula is C9H10Cl2S. The first-order chi connectivity index (χ1) is 5.57. The summed E-state index contributed by atoms with van der Waals surface area (Å²) in [6, 6.07) is 1.91. The van der Waals surface area contributed by atoms with Crippen LogP contribution in [0.15, 0.2) is 11.0 Å². The van der Waals surface area contributed by atoms with Gasteiger partial charge < -0.3 is 0 Å². The van der Waals surface area contributed by atoms with Gasteiger partial charge in [-0.1, -0.05) is 23.2 Å². The Bertz CT molecular complexity index is 308. The van der Waals surface area contributed by atoms with Crippen LogP contribution in [0.3, 0.4) is 0 Å². The van der Waals surface area contributed by atoms with Gasteiger partial charge in [0.2, 0.25) is 0 Å². The maximum absolute atomic E-state index is 5.97. The van der Waals surface area contributed by atoms with Crippen LogP contribution in [0.1, 0.15) is 11.1 Å². The van der Waals surface area contributed by atoms with Crippen molar-refractivity contribution < 1.29 is 0 Å². The fourth-order valence-electron chi connectivity index (χ4n) is 1.03. The molecule has 1 aromatic carbocycles. The molecule has 0 radical (unpaired) electrons. The molecule has 0 unspecified atom stereocenters. The number of rotatable bonds is 1. The summed E-state index contributed by atoms with van der Waals surface area (Å²) in [5, 5.41) is 1.32. The molecule has 0 nitrogen and oxygen atoms in total. The van der Waals surface area contributed by atoms with Crippen molar-refractivity contribution in [1.82, 2.24) is 0 Å². The van der Waals surface area contributed by atoms with Gasteiger partial charge in [-0.15, -0.1) is 11.8 Å². The summed E-state index contributed by atoms with van der Waals surface area (Å²) >= 11 is 13.6. The number of hydrogen-bond acceptors (Lipinski definition) is 1. The molecule has 1 aromatic rings. The molecule has 0 bridgehead atoms. The van der Waals surface area contributed by atoms with Gasteiger partial charge in [0, 0.05) is 4.90 Å². The highest BCUT2D eigenvalue weighted by atomic mass is 35.5. The Morgan fingerprint density at radius 3 is 2.25 bits per heavy atom. The van der Waals surface area contributed by atoms with E-state index in [1.54, 1.807) is 11.8 Å². The second-order valence-electron chi connectivity index (χ2n) is 2.62. The summed E-state index contributed by atoms with van der Waals surface area (Å²) in [5.74, 6) is 0. The summed E-state index contributed by atoms with van der Waals surface area (Å²) in [7, 11) is 0. The normalized spacial score (nSPS) is 10.4. The lowest BCUT2D eigenvalue weighted by molar-refractivity contribution is 1.23. The number of hydrogen-bond donors (Lipinski definition) is 0. The lowest BCUT2D eigenvalue weighted by Crippen LogP contribution is -1.87. The quantitative estimate of drug-likeness (QED) is 0.636. The molecule has 0 aliphatic heterocycles. The van der Waals surface area contributed by atoms with E-state index < -0.39 is 0 Å². The SMILES string of the molecule is CSc1cc(Cl)c(Cl)c(C)c1C. The van der Waals surface area contributed by atoms with Crippen LogP contribution in [-0.4, -0.2) is 6.26 Å². The van der Waals surface area contributed by atoms with Gasteiger partial charge in [0.15, 0.2) is 0 Å². The van der Waals surface area contributed by atoms with Crippen molar-refractivity contribution >= 4 is 35.0 Å². The average Bonchev–Trinajstić information content (AvgIpc) is 2.08. The zero-order valence-corrected chi connectivity index (χ0v) is 9.57. The van der Waals surface area contributed by atoms with E-state index in [4.69, 9.17) is 23.2 Å². The Morgan fingerprint density at radius 1 is 1.17 bits per heavy atom. The Balaban J connectivity index is 3.39. The van der Waals surface area contributed by atoms with Gasteiger partial charge in [0.25, 0.3) is 0 Å². The number of halogens is 2. The lowest BCUT2D eigenvalue weighted by Gasteiger charge is -2.09. The minimum atomic E-state index is 0.643. The van der Waals surface area contributed by atoms with Crippen LogP contribution in [0.5, 0.6) is 0 Å². The molecule has 1 rings (SSSR count). The standard InChI is InChI=1S/C9H10Cl2S/c1-5-6(2)9(11)7(10)4-8(5)12-3/h4H,1-3H3. The molecular weight excluding hydrogens is 211 g/mol. The molecule has 0 spiro atoms. The van der Waals surface area contributed by atoms with E-state index in [1.807, 2.05) is 19.2 Å². The van der Waals surface area contributed by atoms with E-state index in [1.165, 1.54) is 10.5 Å². The predicted octanol–water partition coefficient (Wildman–Crippen LogP) is 4.33. The minimum absolute atomic E-state index is 0.643. The monoisotopic (exact) mass is 220 g/mol. The maximum atomic E-state index is 5.97. The van der Waals surface area contributed by atoms with Crippen molar-refractivity contribution in [3.63, 3.8) is 0 Å². The van der Waals surface area contributed by atoms with Crippen molar-refractivity contribution in [3.05, 3.63) is 27.2 Å². The van der Waals surface area contributed by atoms with Crippen LogP contribution >= 0.6 is 35.0 Å². The van der Waals surface area contributed by atoms with Crippen molar-refractivity contribution in [2.24, 2.45) is 0 Å². The zero-order chi connectivity index (χ0) is 9.30. The third-order valence-corrected chi connectivity index (χ3v) is 3.69. The first kappa shape index (κ1) is 10.2. The topological polar surface area (TPSA) is 0 Å². The van der Waals surface area contributed by atoms with E-state index in [-0.39, 0.29) is 0 Å². The van der Waals surface area contributed by atoms with Crippen LogP contribution in [-0.2, 0) is 0 Å². The molecule has 0 aromatic heterocycles. The summed E-state index contributed by atoms with van der Waals surface area (Å²) in [6.07, 6.45) is 2.03. The van der Waals surface area contributed by atoms with Crippen LogP contribution in [0, 0.1) is 13.8 Å². The Kier molecular flexibility index (Phi) is 3.33. The molecule has 66 valence electrons. The summed E-state index contributed by atoms with van der Waals surface area (Å²) < 4.78 is 0. The van der Waals surface area contributed by atoms with E-state index in [2.05, 4.69) is 6.92 Å². The van der Waals surface area contributed by atoms with Crippen molar-refractivity contribution in [1.29, 1.82) is 0 Å². The summed E-state index contributed by atoms with van der Waals surface area (Å²) in [5.41, 5.74) is 2.30. The van der Waals surface area contributed by atoms with Crippen molar-refractivity contribution in [2.45, 2.75) is 18.7 Å². The van der Waals surface area contributed by atoms with Gasteiger partial charge in [-0.25, -0.2) is 0 Å². The molecule has 3 heteroatoms. The van der Waals surface area contributed by atoms with E-state index in [0.717, 1.165) is 5.56 Å². The molecule has 0 fully saturated rings. The zero-order valence-electron chi connectivity index (χ0n) is 7.24. The average molecular weight is 221 g/mol. The molecule has 0 heterocycles. The lowest BCUT2D eigenvalue weighted by atomic mass is 10.1. The molecule has 0 aliphatic rings. The molecule has 0 saturated heterocycles. The molecule has 12 heavy (non-hydrogen) atoms. The van der Waals surface area contributed by atoms with Crippen LogP contribution in [0.4, 0.5) is 0 Å². The molecule has 0 N–H and O–H groups in total. The highest BCUT2D eigenvalue weighted by Gasteiger charge is 2.08. The highest BCUT2D eigenvalue weighted by molar-refractivity contribution is 7.98. The van der Waals surface area contributed by atoms with E-state index in [9.17, 15) is 0 Å². The van der Waals surface area contributed by atoms with Crippen LogP contribution in [0.2, 0.25) is 10.0 Å². The Hall–Kier alpha value is 0.150. The van der Waals surface area contributed by atoms with Gasteiger partial charge in [0.1, 0.15) is 0 Å². The molecule has 0 amide bonds. The van der Waals surface area contributed by atoms with Crippen LogP contribution in [0.25, 0.3) is 0 Å². The predicted molar refractivity (Wildman–Crippen MR) is 57.7 cm³/mol. The Morgan fingerprint density at radius 2 is 1.75 bits per heavy atom. The van der Waals surface area contributed by atoms with E-state index in [0.29, 0.717) is 10.0 Å². The van der Waals surface area contributed by atoms with Gasteiger partial charge in [-0.05, 0) is 37.3 Å². The Labute approximate surface area is 87.3 Å². The summed E-state index contributed by atoms with van der Waals surface area (Å²) in [6.45, 7) is 4.05. The number of thioether (sulfide) groups is 1. The molecule has 0 atom stereocenters. The van der Waals surface area contributed by atoms with Crippen LogP contribution < -0.4 is 0 Å². The fourth-order valence-corrected chi connectivity index (χ4v) is 2.23. The smallest absolute Gasteiger partial charge is 0.0624 e. The van der Waals surface area contributed by atoms with Gasteiger partial charge in [0.05, 0.1) is 10.0 Å². The first-order valence-corrected chi connectivity index (χ1v) is 5.55.